The van der Waals surface area contributed by atoms with Crippen LogP contribution in [0.5, 0.6) is 0 Å². The molecule has 0 unspecified atom stereocenters. The highest BCUT2D eigenvalue weighted by atomic mass is 16.2. The molecule has 0 radical (unpaired) electrons. The fourth-order valence-electron chi connectivity index (χ4n) is 4.67. The Morgan fingerprint density at radius 1 is 1.06 bits per heavy atom. The molecule has 1 atom stereocenters. The number of anilines is 1. The number of amides is 1. The molecule has 33 heavy (non-hydrogen) atoms. The Morgan fingerprint density at radius 2 is 1.91 bits per heavy atom. The van der Waals surface area contributed by atoms with E-state index in [9.17, 15) is 4.79 Å². The van der Waals surface area contributed by atoms with Crippen molar-refractivity contribution in [1.82, 2.24) is 20.3 Å². The topological polar surface area (TPSA) is 82.7 Å². The highest BCUT2D eigenvalue weighted by molar-refractivity contribution is 5.95. The summed E-state index contributed by atoms with van der Waals surface area (Å²) in [5.41, 5.74) is 7.86. The summed E-state index contributed by atoms with van der Waals surface area (Å²) in [5.74, 6) is 1.01. The summed E-state index contributed by atoms with van der Waals surface area (Å²) in [6.07, 6.45) is 4.57. The molecule has 4 heterocycles. The number of hydrogen-bond donors (Lipinski definition) is 3. The summed E-state index contributed by atoms with van der Waals surface area (Å²) in [7, 11) is 0. The maximum absolute atomic E-state index is 12.4. The zero-order chi connectivity index (χ0) is 22.9. The summed E-state index contributed by atoms with van der Waals surface area (Å²) in [4.78, 5) is 24.8. The van der Waals surface area contributed by atoms with Crippen LogP contribution in [0.25, 0.3) is 33.3 Å². The van der Waals surface area contributed by atoms with Gasteiger partial charge in [-0.3, -0.25) is 9.78 Å². The van der Waals surface area contributed by atoms with Gasteiger partial charge in [-0.2, -0.15) is 0 Å². The van der Waals surface area contributed by atoms with E-state index < -0.39 is 0 Å². The van der Waals surface area contributed by atoms with Crippen LogP contribution in [0.15, 0.2) is 54.9 Å². The van der Waals surface area contributed by atoms with E-state index >= 15 is 0 Å². The number of fused-ring (bicyclic) bond motifs is 1. The zero-order valence-corrected chi connectivity index (χ0v) is 19.3. The van der Waals surface area contributed by atoms with Crippen LogP contribution in [0.2, 0.25) is 0 Å². The van der Waals surface area contributed by atoms with Gasteiger partial charge in [-0.15, -0.1) is 0 Å². The Bertz CT molecular complexity index is 1300. The van der Waals surface area contributed by atoms with Crippen LogP contribution in [0.3, 0.4) is 0 Å². The lowest BCUT2D eigenvalue weighted by atomic mass is 9.94. The van der Waals surface area contributed by atoms with Crippen LogP contribution < -0.4 is 10.6 Å². The number of benzene rings is 1. The number of nitrogens with zero attached hydrogens (tertiary/aromatic N) is 2. The first-order valence-corrected chi connectivity index (χ1v) is 11.6. The predicted octanol–water partition coefficient (Wildman–Crippen LogP) is 5.27. The van der Waals surface area contributed by atoms with E-state index in [1.165, 1.54) is 10.9 Å². The molecule has 1 saturated heterocycles. The molecule has 4 aromatic rings. The maximum atomic E-state index is 12.4. The number of hydrogen-bond acceptors (Lipinski definition) is 4. The third kappa shape index (κ3) is 4.26. The first kappa shape index (κ1) is 21.3. The Balaban J connectivity index is 1.46. The fraction of sp³-hybridized carbons (Fsp3) is 0.296. The van der Waals surface area contributed by atoms with Gasteiger partial charge in [-0.05, 0) is 73.3 Å². The largest absolute Gasteiger partial charge is 0.354 e. The number of pyridine rings is 2. The van der Waals surface area contributed by atoms with Gasteiger partial charge in [0.05, 0.1) is 11.6 Å². The van der Waals surface area contributed by atoms with Gasteiger partial charge >= 0.3 is 0 Å². The first-order chi connectivity index (χ1) is 16.0. The third-order valence-corrected chi connectivity index (χ3v) is 6.38. The minimum atomic E-state index is 0.0234. The van der Waals surface area contributed by atoms with Crippen molar-refractivity contribution in [3.05, 3.63) is 66.1 Å². The van der Waals surface area contributed by atoms with E-state index in [2.05, 4.69) is 69.8 Å². The summed E-state index contributed by atoms with van der Waals surface area (Å²) >= 11 is 0. The molecule has 1 aliphatic heterocycles. The summed E-state index contributed by atoms with van der Waals surface area (Å²) in [5, 5.41) is 7.39. The Labute approximate surface area is 193 Å². The molecule has 3 aromatic heterocycles. The fourth-order valence-corrected chi connectivity index (χ4v) is 4.67. The number of carbonyl (C=O) groups is 1. The summed E-state index contributed by atoms with van der Waals surface area (Å²) in [6, 6.07) is 14.6. The van der Waals surface area contributed by atoms with Crippen LogP contribution in [-0.4, -0.2) is 33.9 Å². The SMILES string of the molecule is Cc1cc(-c2[nH]c3ccc(-c4ccc(NC(=O)[C@@H]5CCNC5)nc4)cc3c2C(C)C)ccn1. The molecule has 1 aliphatic rings. The van der Waals surface area contributed by atoms with Gasteiger partial charge in [0.25, 0.3) is 0 Å². The normalized spacial score (nSPS) is 15.9. The van der Waals surface area contributed by atoms with E-state index in [0.717, 1.165) is 53.1 Å². The van der Waals surface area contributed by atoms with Gasteiger partial charge in [0.15, 0.2) is 0 Å². The Hall–Kier alpha value is -3.51. The average Bonchev–Trinajstić information content (AvgIpc) is 3.47. The minimum Gasteiger partial charge on any atom is -0.354 e. The number of nitrogens with one attached hydrogen (secondary N) is 3. The van der Waals surface area contributed by atoms with Gasteiger partial charge in [-0.25, -0.2) is 4.98 Å². The van der Waals surface area contributed by atoms with Gasteiger partial charge in [0.1, 0.15) is 5.82 Å². The van der Waals surface area contributed by atoms with Crippen LogP contribution in [0.1, 0.15) is 37.4 Å². The Kier molecular flexibility index (Phi) is 5.68. The Morgan fingerprint density at radius 3 is 2.61 bits per heavy atom. The summed E-state index contributed by atoms with van der Waals surface area (Å²) in [6.45, 7) is 8.10. The maximum Gasteiger partial charge on any atom is 0.229 e. The molecule has 1 amide bonds. The number of aromatic nitrogens is 3. The van der Waals surface area contributed by atoms with Crippen molar-refractivity contribution in [2.24, 2.45) is 5.92 Å². The third-order valence-electron chi connectivity index (χ3n) is 6.38. The van der Waals surface area contributed by atoms with Crippen molar-refractivity contribution >= 4 is 22.6 Å². The molecule has 3 N–H and O–H groups in total. The van der Waals surface area contributed by atoms with E-state index in [4.69, 9.17) is 0 Å². The van der Waals surface area contributed by atoms with Crippen LogP contribution >= 0.6 is 0 Å². The summed E-state index contributed by atoms with van der Waals surface area (Å²) < 4.78 is 0. The molecule has 0 spiro atoms. The van der Waals surface area contributed by atoms with Crippen LogP contribution in [0, 0.1) is 12.8 Å². The monoisotopic (exact) mass is 439 g/mol. The lowest BCUT2D eigenvalue weighted by Crippen LogP contribution is -2.24. The standard InChI is InChI=1S/C27H29N5O/c1-16(2)25-22-13-18(4-6-23(22)31-26(25)19-9-11-29-17(3)12-19)20-5-7-24(30-15-20)32-27(33)21-8-10-28-14-21/h4-7,9,11-13,15-16,21,28,31H,8,10,14H2,1-3H3,(H,30,32,33)/t21-/m1/s1. The second-order valence-electron chi connectivity index (χ2n) is 9.13. The van der Waals surface area contributed by atoms with Crippen LogP contribution in [0.4, 0.5) is 5.82 Å². The predicted molar refractivity (Wildman–Crippen MR) is 133 cm³/mol. The molecule has 1 aromatic carbocycles. The van der Waals surface area contributed by atoms with Gasteiger partial charge in [0, 0.05) is 46.7 Å². The second-order valence-corrected chi connectivity index (χ2v) is 9.13. The molecule has 6 nitrogen and oxygen atoms in total. The minimum absolute atomic E-state index is 0.0234. The van der Waals surface area contributed by atoms with E-state index in [-0.39, 0.29) is 11.8 Å². The van der Waals surface area contributed by atoms with Gasteiger partial charge < -0.3 is 15.6 Å². The van der Waals surface area contributed by atoms with E-state index in [0.29, 0.717) is 11.7 Å². The lowest BCUT2D eigenvalue weighted by molar-refractivity contribution is -0.119. The molecule has 0 bridgehead atoms. The van der Waals surface area contributed by atoms with Crippen molar-refractivity contribution in [3.63, 3.8) is 0 Å². The van der Waals surface area contributed by atoms with Gasteiger partial charge in [0.2, 0.25) is 5.91 Å². The number of carbonyl (C=O) groups excluding carboxylic acids is 1. The highest BCUT2D eigenvalue weighted by Crippen LogP contribution is 2.37. The molecule has 0 aliphatic carbocycles. The van der Waals surface area contributed by atoms with Crippen molar-refractivity contribution < 1.29 is 4.79 Å². The molecular formula is C27H29N5O. The molecule has 0 saturated carbocycles. The average molecular weight is 440 g/mol. The van der Waals surface area contributed by atoms with E-state index in [1.807, 2.05) is 31.5 Å². The molecule has 1 fully saturated rings. The molecule has 5 rings (SSSR count). The second kappa shape index (κ2) is 8.79. The highest BCUT2D eigenvalue weighted by Gasteiger charge is 2.22. The van der Waals surface area contributed by atoms with Crippen molar-refractivity contribution in [1.29, 1.82) is 0 Å². The molecule has 168 valence electrons. The van der Waals surface area contributed by atoms with Crippen LogP contribution in [-0.2, 0) is 4.79 Å². The molecular weight excluding hydrogens is 410 g/mol. The number of aryl methyl sites for hydroxylation is 1. The van der Waals surface area contributed by atoms with E-state index in [1.54, 1.807) is 0 Å². The van der Waals surface area contributed by atoms with Crippen molar-refractivity contribution in [2.75, 3.05) is 18.4 Å². The number of H-pyrrole nitrogens is 1. The van der Waals surface area contributed by atoms with Crippen molar-refractivity contribution in [3.8, 4) is 22.4 Å². The number of rotatable bonds is 5. The smallest absolute Gasteiger partial charge is 0.229 e. The molecule has 6 heteroatoms. The quantitative estimate of drug-likeness (QED) is 0.395. The lowest BCUT2D eigenvalue weighted by Gasteiger charge is -2.11. The number of aromatic amines is 1. The zero-order valence-electron chi connectivity index (χ0n) is 19.3. The van der Waals surface area contributed by atoms with Crippen molar-refractivity contribution in [2.45, 2.75) is 33.1 Å². The van der Waals surface area contributed by atoms with Gasteiger partial charge in [-0.1, -0.05) is 19.9 Å². The first-order valence-electron chi connectivity index (χ1n) is 11.6.